The van der Waals surface area contributed by atoms with Crippen LogP contribution in [0.4, 0.5) is 0 Å². The molecule has 6 heteroatoms. The highest BCUT2D eigenvalue weighted by molar-refractivity contribution is 5.90. The molecule has 1 heterocycles. The van der Waals surface area contributed by atoms with Gasteiger partial charge in [-0.2, -0.15) is 0 Å². The number of nitrogens with two attached hydrogens (primary N) is 1. The molecule has 4 N–H and O–H groups in total. The Morgan fingerprint density at radius 2 is 1.79 bits per heavy atom. The quantitative estimate of drug-likeness (QED) is 0.696. The van der Waals surface area contributed by atoms with E-state index < -0.39 is 24.1 Å². The Hall–Kier alpha value is -2.70. The molecule has 1 aliphatic heterocycles. The number of carbonyl (C=O) groups excluding carboxylic acids is 2. The van der Waals surface area contributed by atoms with Gasteiger partial charge in [0.25, 0.3) is 0 Å². The molecule has 0 aliphatic carbocycles. The molecule has 0 saturated heterocycles. The molecule has 0 spiro atoms. The molecular formula is C22H27N3O3. The number of fused-ring (bicyclic) bond motifs is 1. The van der Waals surface area contributed by atoms with Crippen LogP contribution in [-0.2, 0) is 29.0 Å². The molecule has 0 bridgehead atoms. The summed E-state index contributed by atoms with van der Waals surface area (Å²) in [5.41, 5.74) is 9.07. The van der Waals surface area contributed by atoms with E-state index in [0.717, 1.165) is 23.1 Å². The molecule has 2 amide bonds. The Morgan fingerprint density at radius 1 is 1.14 bits per heavy atom. The highest BCUT2D eigenvalue weighted by Crippen LogP contribution is 2.24. The van der Waals surface area contributed by atoms with Crippen LogP contribution in [-0.4, -0.2) is 46.6 Å². The number of benzene rings is 2. The zero-order chi connectivity index (χ0) is 20.1. The van der Waals surface area contributed by atoms with E-state index in [1.807, 2.05) is 54.6 Å². The zero-order valence-electron chi connectivity index (χ0n) is 16.0. The Labute approximate surface area is 165 Å². The van der Waals surface area contributed by atoms with Gasteiger partial charge in [-0.1, -0.05) is 54.6 Å². The average molecular weight is 381 g/mol. The van der Waals surface area contributed by atoms with Gasteiger partial charge in [-0.15, -0.1) is 0 Å². The highest BCUT2D eigenvalue weighted by Gasteiger charge is 2.37. The van der Waals surface area contributed by atoms with Gasteiger partial charge in [-0.25, -0.2) is 0 Å². The molecular weight excluding hydrogens is 354 g/mol. The second kappa shape index (κ2) is 8.99. The van der Waals surface area contributed by atoms with E-state index in [1.54, 1.807) is 0 Å². The van der Waals surface area contributed by atoms with Crippen molar-refractivity contribution < 1.29 is 14.7 Å². The predicted octanol–water partition coefficient (Wildman–Crippen LogP) is 1.01. The van der Waals surface area contributed by atoms with Crippen molar-refractivity contribution in [3.63, 3.8) is 0 Å². The monoisotopic (exact) mass is 381 g/mol. The Morgan fingerprint density at radius 3 is 2.46 bits per heavy atom. The van der Waals surface area contributed by atoms with Crippen LogP contribution in [0.3, 0.4) is 0 Å². The molecule has 1 aliphatic rings. The summed E-state index contributed by atoms with van der Waals surface area (Å²) in [4.78, 5) is 27.2. The normalized spacial score (nSPS) is 18.1. The van der Waals surface area contributed by atoms with Gasteiger partial charge >= 0.3 is 0 Å². The highest BCUT2D eigenvalue weighted by atomic mass is 16.3. The fourth-order valence-corrected chi connectivity index (χ4v) is 3.48. The maximum atomic E-state index is 12.9. The first kappa shape index (κ1) is 20.0. The Kier molecular flexibility index (Phi) is 6.44. The van der Waals surface area contributed by atoms with Crippen LogP contribution < -0.4 is 11.1 Å². The summed E-state index contributed by atoms with van der Waals surface area (Å²) >= 11 is 0. The third kappa shape index (κ3) is 4.58. The fraction of sp³-hybridized carbons (Fsp3) is 0.364. The van der Waals surface area contributed by atoms with Gasteiger partial charge in [0.2, 0.25) is 11.8 Å². The number of hydrogen-bond acceptors (Lipinski definition) is 4. The molecule has 0 saturated carbocycles. The van der Waals surface area contributed by atoms with Crippen molar-refractivity contribution in [1.82, 2.24) is 10.2 Å². The maximum absolute atomic E-state index is 12.9. The number of nitrogens with zero attached hydrogens (tertiary/aromatic N) is 1. The van der Waals surface area contributed by atoms with Crippen molar-refractivity contribution in [1.29, 1.82) is 0 Å². The lowest BCUT2D eigenvalue weighted by Gasteiger charge is -2.37. The largest absolute Gasteiger partial charge is 0.391 e. The lowest BCUT2D eigenvalue weighted by atomic mass is 9.92. The Balaban J connectivity index is 1.73. The number of hydrogen-bond donors (Lipinski definition) is 3. The first-order valence-electron chi connectivity index (χ1n) is 9.60. The molecule has 0 radical (unpaired) electrons. The molecule has 2 aromatic rings. The average Bonchev–Trinajstić information content (AvgIpc) is 2.72. The van der Waals surface area contributed by atoms with Gasteiger partial charge in [0, 0.05) is 19.5 Å². The summed E-state index contributed by atoms with van der Waals surface area (Å²) < 4.78 is 0. The van der Waals surface area contributed by atoms with E-state index in [-0.39, 0.29) is 5.91 Å². The summed E-state index contributed by atoms with van der Waals surface area (Å²) in [6.07, 6.45) is 0.175. The molecule has 0 fully saturated rings. The minimum Gasteiger partial charge on any atom is -0.391 e. The molecule has 6 nitrogen and oxygen atoms in total. The molecule has 0 aromatic heterocycles. The van der Waals surface area contributed by atoms with Crippen LogP contribution >= 0.6 is 0 Å². The number of amides is 2. The van der Waals surface area contributed by atoms with Crippen LogP contribution in [0.25, 0.3) is 0 Å². The first-order valence-corrected chi connectivity index (χ1v) is 9.60. The summed E-state index contributed by atoms with van der Waals surface area (Å²) in [5.74, 6) is -0.607. The van der Waals surface area contributed by atoms with Crippen LogP contribution in [0.15, 0.2) is 54.6 Å². The smallest absolute Gasteiger partial charge is 0.243 e. The fourth-order valence-electron chi connectivity index (χ4n) is 3.48. The first-order chi connectivity index (χ1) is 13.5. The van der Waals surface area contributed by atoms with Crippen molar-refractivity contribution in [2.24, 2.45) is 5.73 Å². The van der Waals surface area contributed by atoms with Crippen LogP contribution in [0.5, 0.6) is 0 Å². The second-order valence-corrected chi connectivity index (χ2v) is 7.25. The SMILES string of the molecule is C[C@@H](O)[C@H](N)C(=O)N1Cc2ccccc2C[C@H]1C(=O)NCCc1ccccc1. The van der Waals surface area contributed by atoms with E-state index in [4.69, 9.17) is 5.73 Å². The number of rotatable bonds is 6. The standard InChI is InChI=1S/C22H27N3O3/c1-15(26)20(23)22(28)25-14-18-10-6-5-9-17(18)13-19(25)21(27)24-12-11-16-7-3-2-4-8-16/h2-10,15,19-20,26H,11-14,23H2,1H3,(H,24,27)/t15-,19+,20+/m1/s1. The summed E-state index contributed by atoms with van der Waals surface area (Å²) in [6.45, 7) is 2.28. The predicted molar refractivity (Wildman–Crippen MR) is 107 cm³/mol. The van der Waals surface area contributed by atoms with Crippen molar-refractivity contribution >= 4 is 11.8 Å². The molecule has 3 rings (SSSR count). The van der Waals surface area contributed by atoms with Crippen LogP contribution in [0.1, 0.15) is 23.6 Å². The molecule has 3 atom stereocenters. The number of carbonyl (C=O) groups is 2. The minimum absolute atomic E-state index is 0.198. The van der Waals surface area contributed by atoms with Gasteiger partial charge in [0.1, 0.15) is 12.1 Å². The van der Waals surface area contributed by atoms with Crippen LogP contribution in [0, 0.1) is 0 Å². The summed E-state index contributed by atoms with van der Waals surface area (Å²) in [5, 5.41) is 12.7. The maximum Gasteiger partial charge on any atom is 0.243 e. The zero-order valence-corrected chi connectivity index (χ0v) is 16.0. The summed E-state index contributed by atoms with van der Waals surface area (Å²) in [6, 6.07) is 16.0. The molecule has 148 valence electrons. The van der Waals surface area contributed by atoms with Gasteiger partial charge in [0.05, 0.1) is 6.10 Å². The lowest BCUT2D eigenvalue weighted by molar-refractivity contribution is -0.144. The third-order valence-corrected chi connectivity index (χ3v) is 5.19. The van der Waals surface area contributed by atoms with Crippen LogP contribution in [0.2, 0.25) is 0 Å². The number of nitrogens with one attached hydrogen (secondary N) is 1. The molecule has 0 unspecified atom stereocenters. The lowest BCUT2D eigenvalue weighted by Crippen LogP contribution is -2.58. The van der Waals surface area contributed by atoms with E-state index in [2.05, 4.69) is 5.32 Å². The van der Waals surface area contributed by atoms with E-state index in [1.165, 1.54) is 11.8 Å². The van der Waals surface area contributed by atoms with Crippen molar-refractivity contribution in [3.8, 4) is 0 Å². The van der Waals surface area contributed by atoms with Gasteiger partial charge in [-0.3, -0.25) is 9.59 Å². The van der Waals surface area contributed by atoms with E-state index in [0.29, 0.717) is 19.5 Å². The third-order valence-electron chi connectivity index (χ3n) is 5.19. The Bertz CT molecular complexity index is 823. The summed E-state index contributed by atoms with van der Waals surface area (Å²) in [7, 11) is 0. The molecule has 2 aromatic carbocycles. The second-order valence-electron chi connectivity index (χ2n) is 7.25. The topological polar surface area (TPSA) is 95.7 Å². The van der Waals surface area contributed by atoms with Crippen molar-refractivity contribution in [2.45, 2.75) is 44.5 Å². The van der Waals surface area contributed by atoms with Gasteiger partial charge in [0.15, 0.2) is 0 Å². The van der Waals surface area contributed by atoms with Gasteiger partial charge in [-0.05, 0) is 30.0 Å². The van der Waals surface area contributed by atoms with Crippen molar-refractivity contribution in [3.05, 3.63) is 71.3 Å². The van der Waals surface area contributed by atoms with E-state index >= 15 is 0 Å². The molecule has 28 heavy (non-hydrogen) atoms. The minimum atomic E-state index is -1.05. The number of aliphatic hydroxyl groups excluding tert-OH is 1. The number of aliphatic hydroxyl groups is 1. The van der Waals surface area contributed by atoms with Crippen molar-refractivity contribution in [2.75, 3.05) is 6.54 Å². The van der Waals surface area contributed by atoms with E-state index in [9.17, 15) is 14.7 Å². The van der Waals surface area contributed by atoms with Gasteiger partial charge < -0.3 is 21.1 Å².